The summed E-state index contributed by atoms with van der Waals surface area (Å²) < 4.78 is 41.6. The summed E-state index contributed by atoms with van der Waals surface area (Å²) in [4.78, 5) is 104. The summed E-state index contributed by atoms with van der Waals surface area (Å²) in [7, 11) is 13.6. The normalized spacial score (nSPS) is 32.7. The summed E-state index contributed by atoms with van der Waals surface area (Å²) in [6, 6.07) is 28.7. The second-order valence-corrected chi connectivity index (χ2v) is 32.5. The number of nitrogens with zero attached hydrogens (tertiary/aromatic N) is 4. The first-order chi connectivity index (χ1) is 48.8. The quantitative estimate of drug-likeness (QED) is 0.0959. The molecule has 16 rings (SSSR count). The van der Waals surface area contributed by atoms with Gasteiger partial charge in [-0.3, -0.25) is 58.0 Å². The molecule has 4 heterocycles. The van der Waals surface area contributed by atoms with E-state index >= 15 is 0 Å². The molecule has 8 aliphatic carbocycles. The average Bonchev–Trinajstić information content (AvgIpc) is 1.60. The van der Waals surface area contributed by atoms with Crippen LogP contribution < -0.4 is 22.9 Å². The summed E-state index contributed by atoms with van der Waals surface area (Å²) in [6.07, 6.45) is 15.1. The molecule has 616 valence electrons. The SMILES string of the molecule is COC1(C)CC(N)C1.COC1(C)CC(N)C1.COC1(C)CC(N2C(=O)c3ccccc3C2=O)C1.COC1(C)CC(N2C(=O)c3ccccc3C2=O)C1.COC1CC(C)(N)C1.COC1CC(C)(N)C1.COC1CC(C)(N2C(=O)c3ccccc3C2=O)C1.COC1CC(C)(N2C(=O)c3ccccc3C2=O)C1.[W].[W].[W].[W].[W].[W].[W].[W]. The van der Waals surface area contributed by atoms with Crippen LogP contribution in [0.5, 0.6) is 0 Å². The fraction of sp³-hybridized carbons (Fsp3) is 0.600. The van der Waals surface area contributed by atoms with Crippen LogP contribution in [0.2, 0.25) is 0 Å². The summed E-state index contributed by atoms with van der Waals surface area (Å²) >= 11 is 0. The number of methoxy groups -OCH3 is 8. The van der Waals surface area contributed by atoms with Crippen LogP contribution in [0.1, 0.15) is 241 Å². The van der Waals surface area contributed by atoms with Crippen molar-refractivity contribution in [3.05, 3.63) is 142 Å². The molecular formula is C80H112N8O16W8. The van der Waals surface area contributed by atoms with E-state index in [2.05, 4.69) is 27.7 Å². The van der Waals surface area contributed by atoms with Gasteiger partial charge >= 0.3 is 0 Å². The zero-order chi connectivity index (χ0) is 76.5. The second kappa shape index (κ2) is 44.3. The first kappa shape index (κ1) is 108. The van der Waals surface area contributed by atoms with Gasteiger partial charge in [0.25, 0.3) is 47.3 Å². The Labute approximate surface area is 776 Å². The van der Waals surface area contributed by atoms with E-state index in [1.165, 1.54) is 19.6 Å². The van der Waals surface area contributed by atoms with Gasteiger partial charge in [0, 0.05) is 261 Å². The topological polar surface area (TPSA) is 327 Å². The van der Waals surface area contributed by atoms with Gasteiger partial charge in [-0.15, -0.1) is 0 Å². The minimum absolute atomic E-state index is 0. The fourth-order valence-electron chi connectivity index (χ4n) is 16.3. The van der Waals surface area contributed by atoms with E-state index in [9.17, 15) is 38.4 Å². The predicted octanol–water partition coefficient (Wildman–Crippen LogP) is 9.43. The van der Waals surface area contributed by atoms with Crippen molar-refractivity contribution in [2.24, 2.45) is 22.9 Å². The van der Waals surface area contributed by atoms with Crippen LogP contribution in [0.4, 0.5) is 0 Å². The van der Waals surface area contributed by atoms with E-state index in [0.29, 0.717) is 68.8 Å². The molecule has 0 radical (unpaired) electrons. The molecule has 8 fully saturated rings. The number of hydrogen-bond acceptors (Lipinski definition) is 20. The fourth-order valence-corrected chi connectivity index (χ4v) is 16.3. The van der Waals surface area contributed by atoms with E-state index in [4.69, 9.17) is 60.8 Å². The van der Waals surface area contributed by atoms with Gasteiger partial charge in [0.1, 0.15) is 0 Å². The maximum absolute atomic E-state index is 12.3. The van der Waals surface area contributed by atoms with Crippen molar-refractivity contribution in [1.82, 2.24) is 19.6 Å². The minimum atomic E-state index is -0.395. The molecule has 0 unspecified atom stereocenters. The number of ether oxygens (including phenoxy) is 8. The van der Waals surface area contributed by atoms with Crippen molar-refractivity contribution in [3.8, 4) is 0 Å². The number of benzene rings is 4. The molecule has 112 heavy (non-hydrogen) atoms. The third kappa shape index (κ3) is 24.4. The van der Waals surface area contributed by atoms with Gasteiger partial charge in [-0.05, 0) is 207 Å². The number of fused-ring (bicyclic) bond motifs is 4. The molecule has 0 bridgehead atoms. The summed E-state index contributed by atoms with van der Waals surface area (Å²) in [5, 5.41) is 0. The minimum Gasteiger partial charge on any atom is -0.381 e. The van der Waals surface area contributed by atoms with E-state index in [0.717, 1.165) is 103 Å². The molecule has 8 saturated carbocycles. The number of rotatable bonds is 12. The van der Waals surface area contributed by atoms with Gasteiger partial charge in [-0.1, -0.05) is 48.5 Å². The van der Waals surface area contributed by atoms with Gasteiger partial charge < -0.3 is 60.8 Å². The summed E-state index contributed by atoms with van der Waals surface area (Å²) in [6.45, 7) is 16.2. The molecule has 4 aliphatic heterocycles. The Bertz CT molecular complexity index is 3440. The largest absolute Gasteiger partial charge is 0.381 e. The number of carbonyl (C=O) groups excluding carboxylic acids is 8. The molecule has 32 heteroatoms. The van der Waals surface area contributed by atoms with Crippen LogP contribution in [0.15, 0.2) is 97.1 Å². The van der Waals surface area contributed by atoms with Crippen molar-refractivity contribution in [1.29, 1.82) is 0 Å². The van der Waals surface area contributed by atoms with Crippen LogP contribution >= 0.6 is 0 Å². The molecule has 8 N–H and O–H groups in total. The van der Waals surface area contributed by atoms with Crippen LogP contribution in [0.25, 0.3) is 0 Å². The van der Waals surface area contributed by atoms with Crippen molar-refractivity contribution in [3.63, 3.8) is 0 Å². The van der Waals surface area contributed by atoms with E-state index in [1.807, 2.05) is 27.7 Å². The Balaban J connectivity index is 0.000000649. The van der Waals surface area contributed by atoms with Crippen LogP contribution in [-0.2, 0) is 206 Å². The monoisotopic (exact) mass is 2910 g/mol. The van der Waals surface area contributed by atoms with Gasteiger partial charge in [0.2, 0.25) is 0 Å². The third-order valence-corrected chi connectivity index (χ3v) is 23.2. The number of amides is 8. The standard InChI is InChI=1S/4C14H15NO3.4C6H13NO.8W/c2*1-14(7-9(8-14)18-2)15-12(16)10-5-3-4-6-11(10)13(15)17;2*1-14(18-2)7-9(8-14)15-12(16)10-5-3-4-6-11(10)13(15)17;2*1-6(7)3-5(4-6)8-2;2*1-6(8-2)3-5(7)4-6;;;;;;;;/h4*3-6,9H,7-8H2,1-2H3;4*5H,3-4,7H2,1-2H3;;;;;;;;. The van der Waals surface area contributed by atoms with Crippen molar-refractivity contribution >= 4 is 47.3 Å². The molecule has 12 aliphatic rings. The van der Waals surface area contributed by atoms with E-state index in [1.54, 1.807) is 154 Å². The zero-order valence-electron chi connectivity index (χ0n) is 67.1. The number of imide groups is 4. The third-order valence-electron chi connectivity index (χ3n) is 23.2. The second-order valence-electron chi connectivity index (χ2n) is 32.5. The Morgan fingerprint density at radius 2 is 0.446 bits per heavy atom. The Morgan fingerprint density at radius 1 is 0.277 bits per heavy atom. The van der Waals surface area contributed by atoms with E-state index in [-0.39, 0.29) is 274 Å². The maximum atomic E-state index is 12.3. The number of hydrogen-bond donors (Lipinski definition) is 4. The van der Waals surface area contributed by atoms with E-state index < -0.39 is 11.1 Å². The van der Waals surface area contributed by atoms with Crippen molar-refractivity contribution in [2.75, 3.05) is 56.9 Å². The van der Waals surface area contributed by atoms with Crippen molar-refractivity contribution < 1.29 is 245 Å². The van der Waals surface area contributed by atoms with Gasteiger partial charge in [0.05, 0.1) is 102 Å². The number of nitrogens with two attached hydrogens (primary N) is 4. The van der Waals surface area contributed by atoms with Crippen LogP contribution in [-0.4, -0.2) is 217 Å². The molecular weight excluding hydrogens is 2800 g/mol. The smallest absolute Gasteiger partial charge is 0.262 e. The van der Waals surface area contributed by atoms with Crippen LogP contribution in [0.3, 0.4) is 0 Å². The Hall–Kier alpha value is -1.53. The van der Waals surface area contributed by atoms with Gasteiger partial charge in [-0.25, -0.2) is 0 Å². The first-order valence-electron chi connectivity index (χ1n) is 36.2. The average molecular weight is 2910 g/mol. The first-order valence-corrected chi connectivity index (χ1v) is 36.2. The number of carbonyl (C=O) groups is 8. The molecule has 24 nitrogen and oxygen atoms in total. The zero-order valence-corrected chi connectivity index (χ0v) is 90.5. The molecule has 0 spiro atoms. The van der Waals surface area contributed by atoms with Crippen molar-refractivity contribution in [2.45, 2.75) is 251 Å². The van der Waals surface area contributed by atoms with Crippen LogP contribution in [0, 0.1) is 0 Å². The molecule has 4 aromatic carbocycles. The molecule has 4 aromatic rings. The van der Waals surface area contributed by atoms with Gasteiger partial charge in [0.15, 0.2) is 0 Å². The van der Waals surface area contributed by atoms with Gasteiger partial charge in [-0.2, -0.15) is 0 Å². The Kier molecular flexibility index (Phi) is 42.9. The molecule has 8 amide bonds. The molecule has 0 aromatic heterocycles. The predicted molar refractivity (Wildman–Crippen MR) is 392 cm³/mol. The molecule has 0 atom stereocenters. The molecule has 0 saturated heterocycles. The maximum Gasteiger partial charge on any atom is 0.262 e. The summed E-state index contributed by atoms with van der Waals surface area (Å²) in [5.74, 6) is -1.37. The summed E-state index contributed by atoms with van der Waals surface area (Å²) in [5.41, 5.74) is 25.9. The Morgan fingerprint density at radius 3 is 0.589 bits per heavy atom.